The van der Waals surface area contributed by atoms with E-state index in [1.807, 2.05) is 6.20 Å². The van der Waals surface area contributed by atoms with Gasteiger partial charge in [-0.15, -0.1) is 11.3 Å². The highest BCUT2D eigenvalue weighted by molar-refractivity contribution is 7.09. The summed E-state index contributed by atoms with van der Waals surface area (Å²) >= 11 is 1.77. The Morgan fingerprint density at radius 1 is 1.53 bits per heavy atom. The summed E-state index contributed by atoms with van der Waals surface area (Å²) in [7, 11) is 0. The molecular formula is C13H23N3S. The second-order valence-electron chi connectivity index (χ2n) is 4.81. The van der Waals surface area contributed by atoms with Gasteiger partial charge in [0, 0.05) is 36.8 Å². The van der Waals surface area contributed by atoms with E-state index in [1.54, 1.807) is 11.3 Å². The van der Waals surface area contributed by atoms with Crippen LogP contribution in [0.5, 0.6) is 0 Å². The van der Waals surface area contributed by atoms with E-state index in [-0.39, 0.29) is 0 Å². The first kappa shape index (κ1) is 13.0. The van der Waals surface area contributed by atoms with Crippen molar-refractivity contribution in [3.8, 4) is 0 Å². The lowest BCUT2D eigenvalue weighted by molar-refractivity contribution is 0.113. The van der Waals surface area contributed by atoms with Gasteiger partial charge in [0.1, 0.15) is 5.01 Å². The predicted octanol–water partition coefficient (Wildman–Crippen LogP) is 2.50. The van der Waals surface area contributed by atoms with Crippen LogP contribution in [0.4, 0.5) is 0 Å². The number of hydrogen-bond acceptors (Lipinski definition) is 4. The first-order valence-corrected chi connectivity index (χ1v) is 7.57. The van der Waals surface area contributed by atoms with Crippen LogP contribution < -0.4 is 5.32 Å². The van der Waals surface area contributed by atoms with Gasteiger partial charge in [-0.1, -0.05) is 20.3 Å². The van der Waals surface area contributed by atoms with Crippen molar-refractivity contribution >= 4 is 11.3 Å². The zero-order chi connectivity index (χ0) is 12.1. The first-order valence-electron chi connectivity index (χ1n) is 6.69. The van der Waals surface area contributed by atoms with Gasteiger partial charge in [-0.2, -0.15) is 0 Å². The minimum atomic E-state index is 0.656. The molecule has 2 heterocycles. The number of aromatic nitrogens is 1. The van der Waals surface area contributed by atoms with Crippen molar-refractivity contribution in [3.63, 3.8) is 0 Å². The van der Waals surface area contributed by atoms with Crippen LogP contribution >= 0.6 is 11.3 Å². The molecule has 1 fully saturated rings. The number of rotatable bonds is 5. The van der Waals surface area contributed by atoms with Crippen LogP contribution in [0.2, 0.25) is 0 Å². The summed E-state index contributed by atoms with van der Waals surface area (Å²) in [4.78, 5) is 7.03. The number of thiazole rings is 1. The van der Waals surface area contributed by atoms with Gasteiger partial charge in [0.05, 0.1) is 6.54 Å². The Labute approximate surface area is 108 Å². The molecule has 0 saturated carbocycles. The molecule has 1 saturated heterocycles. The average Bonchev–Trinajstić information content (AvgIpc) is 2.84. The molecule has 1 N–H and O–H groups in total. The molecule has 0 amide bonds. The van der Waals surface area contributed by atoms with Crippen LogP contribution in [0.1, 0.15) is 38.1 Å². The Bertz CT molecular complexity index is 312. The second-order valence-corrected chi connectivity index (χ2v) is 5.79. The largest absolute Gasteiger partial charge is 0.311 e. The van der Waals surface area contributed by atoms with Crippen LogP contribution in [0.25, 0.3) is 0 Å². The summed E-state index contributed by atoms with van der Waals surface area (Å²) in [5.74, 6) is 0. The lowest BCUT2D eigenvalue weighted by atomic mass is 10.0. The molecule has 0 aliphatic carbocycles. The van der Waals surface area contributed by atoms with E-state index in [0.29, 0.717) is 12.1 Å². The van der Waals surface area contributed by atoms with Gasteiger partial charge < -0.3 is 5.32 Å². The lowest BCUT2D eigenvalue weighted by Crippen LogP contribution is -2.55. The molecule has 3 nitrogen and oxygen atoms in total. The summed E-state index contributed by atoms with van der Waals surface area (Å²) in [6.45, 7) is 7.87. The van der Waals surface area contributed by atoms with E-state index < -0.39 is 0 Å². The Morgan fingerprint density at radius 3 is 3.06 bits per heavy atom. The first-order chi connectivity index (χ1) is 8.33. The highest BCUT2D eigenvalue weighted by Crippen LogP contribution is 2.18. The van der Waals surface area contributed by atoms with Crippen LogP contribution in [-0.2, 0) is 6.54 Å². The smallest absolute Gasteiger partial charge is 0.107 e. The Balaban J connectivity index is 1.97. The summed E-state index contributed by atoms with van der Waals surface area (Å²) in [6.07, 6.45) is 5.67. The van der Waals surface area contributed by atoms with E-state index in [4.69, 9.17) is 0 Å². The van der Waals surface area contributed by atoms with Gasteiger partial charge in [-0.05, 0) is 12.8 Å². The zero-order valence-electron chi connectivity index (χ0n) is 10.9. The van der Waals surface area contributed by atoms with Crippen molar-refractivity contribution in [1.82, 2.24) is 15.2 Å². The fraction of sp³-hybridized carbons (Fsp3) is 0.769. The minimum Gasteiger partial charge on any atom is -0.311 e. The van der Waals surface area contributed by atoms with E-state index >= 15 is 0 Å². The normalized spacial score (nSPS) is 26.2. The molecule has 1 aliphatic rings. The van der Waals surface area contributed by atoms with Crippen molar-refractivity contribution in [2.75, 3.05) is 13.1 Å². The third kappa shape index (κ3) is 3.50. The fourth-order valence-corrected chi connectivity index (χ4v) is 3.16. The summed E-state index contributed by atoms with van der Waals surface area (Å²) in [5.41, 5.74) is 0. The highest BCUT2D eigenvalue weighted by atomic mass is 32.1. The van der Waals surface area contributed by atoms with Crippen molar-refractivity contribution in [2.45, 2.75) is 51.7 Å². The van der Waals surface area contributed by atoms with Gasteiger partial charge in [0.15, 0.2) is 0 Å². The maximum Gasteiger partial charge on any atom is 0.107 e. The molecule has 2 unspecified atom stereocenters. The molecule has 0 aromatic carbocycles. The minimum absolute atomic E-state index is 0.656. The van der Waals surface area contributed by atoms with Crippen LogP contribution in [-0.4, -0.2) is 35.1 Å². The Hall–Kier alpha value is -0.450. The molecule has 96 valence electrons. The van der Waals surface area contributed by atoms with Gasteiger partial charge >= 0.3 is 0 Å². The van der Waals surface area contributed by atoms with Crippen molar-refractivity contribution in [2.24, 2.45) is 0 Å². The molecule has 0 bridgehead atoms. The van der Waals surface area contributed by atoms with Gasteiger partial charge in [-0.25, -0.2) is 4.98 Å². The van der Waals surface area contributed by atoms with Crippen LogP contribution in [0, 0.1) is 0 Å². The number of piperazine rings is 1. The summed E-state index contributed by atoms with van der Waals surface area (Å²) in [5, 5.41) is 6.98. The Kier molecular flexibility index (Phi) is 4.95. The third-order valence-corrected chi connectivity index (χ3v) is 4.31. The molecule has 0 spiro atoms. The van der Waals surface area contributed by atoms with Gasteiger partial charge in [-0.3, -0.25) is 4.90 Å². The molecule has 2 atom stereocenters. The molecule has 4 heteroatoms. The SMILES string of the molecule is CCCC1CNC(CC)CN1Cc1nccs1. The van der Waals surface area contributed by atoms with Crippen molar-refractivity contribution in [3.05, 3.63) is 16.6 Å². The Morgan fingerprint density at radius 2 is 2.41 bits per heavy atom. The molecule has 1 aliphatic heterocycles. The highest BCUT2D eigenvalue weighted by Gasteiger charge is 2.26. The predicted molar refractivity (Wildman–Crippen MR) is 73.3 cm³/mol. The molecule has 0 radical (unpaired) electrons. The summed E-state index contributed by atoms with van der Waals surface area (Å²) in [6, 6.07) is 1.34. The van der Waals surface area contributed by atoms with Gasteiger partial charge in [0.2, 0.25) is 0 Å². The molecule has 17 heavy (non-hydrogen) atoms. The van der Waals surface area contributed by atoms with Gasteiger partial charge in [0.25, 0.3) is 0 Å². The monoisotopic (exact) mass is 253 g/mol. The van der Waals surface area contributed by atoms with E-state index in [0.717, 1.165) is 13.1 Å². The quantitative estimate of drug-likeness (QED) is 0.874. The van der Waals surface area contributed by atoms with E-state index in [2.05, 4.69) is 34.4 Å². The second kappa shape index (κ2) is 6.47. The zero-order valence-corrected chi connectivity index (χ0v) is 11.7. The van der Waals surface area contributed by atoms with Crippen LogP contribution in [0.15, 0.2) is 11.6 Å². The molecule has 2 rings (SSSR count). The average molecular weight is 253 g/mol. The summed E-state index contributed by atoms with van der Waals surface area (Å²) < 4.78 is 0. The molecule has 1 aromatic heterocycles. The fourth-order valence-electron chi connectivity index (χ4n) is 2.52. The number of hydrogen-bond donors (Lipinski definition) is 1. The number of nitrogens with one attached hydrogen (secondary N) is 1. The standard InChI is InChI=1S/C13H23N3S/c1-3-5-12-8-15-11(4-2)9-16(12)10-13-14-6-7-17-13/h6-7,11-12,15H,3-5,8-10H2,1-2H3. The van der Waals surface area contributed by atoms with E-state index in [9.17, 15) is 0 Å². The topological polar surface area (TPSA) is 28.2 Å². The maximum atomic E-state index is 4.41. The van der Waals surface area contributed by atoms with E-state index in [1.165, 1.54) is 30.8 Å². The molecule has 1 aromatic rings. The van der Waals surface area contributed by atoms with Crippen LogP contribution in [0.3, 0.4) is 0 Å². The third-order valence-electron chi connectivity index (χ3n) is 3.55. The van der Waals surface area contributed by atoms with Crippen molar-refractivity contribution < 1.29 is 0 Å². The van der Waals surface area contributed by atoms with Crippen molar-refractivity contribution in [1.29, 1.82) is 0 Å². The number of nitrogens with zero attached hydrogens (tertiary/aromatic N) is 2. The maximum absolute atomic E-state index is 4.41. The lowest BCUT2D eigenvalue weighted by Gasteiger charge is -2.39. The molecular weight excluding hydrogens is 230 g/mol.